The van der Waals surface area contributed by atoms with Gasteiger partial charge in [0.15, 0.2) is 0 Å². The Morgan fingerprint density at radius 3 is 1.40 bits per heavy atom. The molecule has 0 aromatic heterocycles. The van der Waals surface area contributed by atoms with E-state index < -0.39 is 0 Å². The zero-order valence-electron chi connectivity index (χ0n) is 10.0. The van der Waals surface area contributed by atoms with E-state index in [0.717, 1.165) is 23.2 Å². The molecule has 0 saturated heterocycles. The molecule has 0 aliphatic heterocycles. The predicted octanol–water partition coefficient (Wildman–Crippen LogP) is 4.25. The van der Waals surface area contributed by atoms with Crippen LogP contribution in [-0.4, -0.2) is 0 Å². The van der Waals surface area contributed by atoms with Crippen LogP contribution in [0.15, 0.2) is 0 Å². The Morgan fingerprint density at radius 1 is 0.733 bits per heavy atom. The molecule has 0 spiro atoms. The van der Waals surface area contributed by atoms with Crippen LogP contribution in [0.2, 0.25) is 0 Å². The minimum atomic E-state index is 0.808. The minimum Gasteiger partial charge on any atom is -0.0588 e. The maximum Gasteiger partial charge on any atom is -0.0236 e. The van der Waals surface area contributed by atoms with Gasteiger partial charge in [-0.3, -0.25) is 0 Å². The Balaban J connectivity index is 1.63. The average molecular weight is 204 g/mol. The highest BCUT2D eigenvalue weighted by molar-refractivity contribution is 5.10. The Morgan fingerprint density at radius 2 is 1.13 bits per heavy atom. The molecule has 0 nitrogen and oxygen atoms in total. The molecule has 0 atom stereocenters. The maximum absolute atomic E-state index is 2.70. The first-order valence-electron chi connectivity index (χ1n) is 7.30. The summed E-state index contributed by atoms with van der Waals surface area (Å²) in [5.41, 5.74) is 0.808. The second-order valence-electron chi connectivity index (χ2n) is 7.12. The van der Waals surface area contributed by atoms with E-state index in [2.05, 4.69) is 6.92 Å². The highest BCUT2D eigenvalue weighted by Gasteiger charge is 2.60. The van der Waals surface area contributed by atoms with E-state index >= 15 is 0 Å². The summed E-state index contributed by atoms with van der Waals surface area (Å²) in [7, 11) is 0. The van der Waals surface area contributed by atoms with Crippen LogP contribution in [0.1, 0.15) is 58.3 Å². The first kappa shape index (κ1) is 9.07. The zero-order valence-corrected chi connectivity index (χ0v) is 10.0. The molecule has 15 heavy (non-hydrogen) atoms. The van der Waals surface area contributed by atoms with Crippen LogP contribution < -0.4 is 0 Å². The Hall–Kier alpha value is 0. The summed E-state index contributed by atoms with van der Waals surface area (Å²) < 4.78 is 0. The van der Waals surface area contributed by atoms with E-state index in [4.69, 9.17) is 0 Å². The lowest BCUT2D eigenvalue weighted by Gasteiger charge is -2.40. The number of hydrogen-bond donors (Lipinski definition) is 0. The van der Waals surface area contributed by atoms with Crippen LogP contribution in [0, 0.1) is 35.0 Å². The van der Waals surface area contributed by atoms with Gasteiger partial charge in [-0.1, -0.05) is 6.92 Å². The third-order valence-corrected chi connectivity index (χ3v) is 5.89. The molecule has 0 unspecified atom stereocenters. The van der Waals surface area contributed by atoms with Crippen LogP contribution >= 0.6 is 0 Å². The molecule has 0 aromatic carbocycles. The fourth-order valence-electron chi connectivity index (χ4n) is 4.60. The summed E-state index contributed by atoms with van der Waals surface area (Å²) in [5, 5.41) is 0. The summed E-state index contributed by atoms with van der Waals surface area (Å²) in [6, 6.07) is 0. The van der Waals surface area contributed by atoms with Gasteiger partial charge in [-0.2, -0.15) is 0 Å². The molecule has 84 valence electrons. The standard InChI is InChI=1S/C15H24/c1-15(12-6-7-12,13-8-9-13)14(10-2-3-10)11-4-5-11/h10-14H,2-9H2,1H3. The Labute approximate surface area is 93.8 Å². The first-order valence-corrected chi connectivity index (χ1v) is 7.30. The molecule has 0 N–H and O–H groups in total. The van der Waals surface area contributed by atoms with Gasteiger partial charge in [0, 0.05) is 0 Å². The molecular formula is C15H24. The number of hydrogen-bond acceptors (Lipinski definition) is 0. The van der Waals surface area contributed by atoms with E-state index in [0.29, 0.717) is 0 Å². The summed E-state index contributed by atoms with van der Waals surface area (Å²) in [4.78, 5) is 0. The van der Waals surface area contributed by atoms with Crippen molar-refractivity contribution in [2.24, 2.45) is 35.0 Å². The topological polar surface area (TPSA) is 0 Å². The van der Waals surface area contributed by atoms with Gasteiger partial charge in [0.2, 0.25) is 0 Å². The van der Waals surface area contributed by atoms with Crippen molar-refractivity contribution in [2.45, 2.75) is 58.3 Å². The highest BCUT2D eigenvalue weighted by Crippen LogP contribution is 2.69. The van der Waals surface area contributed by atoms with Crippen LogP contribution in [0.25, 0.3) is 0 Å². The summed E-state index contributed by atoms with van der Waals surface area (Å²) >= 11 is 0. The Kier molecular flexibility index (Phi) is 1.70. The second kappa shape index (κ2) is 2.81. The van der Waals surface area contributed by atoms with Crippen molar-refractivity contribution in [1.82, 2.24) is 0 Å². The van der Waals surface area contributed by atoms with E-state index in [-0.39, 0.29) is 0 Å². The van der Waals surface area contributed by atoms with Crippen molar-refractivity contribution in [3.8, 4) is 0 Å². The van der Waals surface area contributed by atoms with Crippen LogP contribution in [0.5, 0.6) is 0 Å². The van der Waals surface area contributed by atoms with E-state index in [1.54, 1.807) is 51.4 Å². The quantitative estimate of drug-likeness (QED) is 0.628. The molecular weight excluding hydrogens is 180 g/mol. The third-order valence-electron chi connectivity index (χ3n) is 5.89. The smallest absolute Gasteiger partial charge is 0.0236 e. The van der Waals surface area contributed by atoms with E-state index in [1.807, 2.05) is 0 Å². The summed E-state index contributed by atoms with van der Waals surface area (Å²) in [5.74, 6) is 5.80. The van der Waals surface area contributed by atoms with Crippen LogP contribution in [-0.2, 0) is 0 Å². The van der Waals surface area contributed by atoms with Crippen molar-refractivity contribution < 1.29 is 0 Å². The second-order valence-corrected chi connectivity index (χ2v) is 7.12. The molecule has 0 bridgehead atoms. The summed E-state index contributed by atoms with van der Waals surface area (Å²) in [6.07, 6.45) is 12.6. The monoisotopic (exact) mass is 204 g/mol. The van der Waals surface area contributed by atoms with Crippen molar-refractivity contribution in [3.63, 3.8) is 0 Å². The van der Waals surface area contributed by atoms with Crippen molar-refractivity contribution in [1.29, 1.82) is 0 Å². The lowest BCUT2D eigenvalue weighted by Crippen LogP contribution is -2.35. The van der Waals surface area contributed by atoms with Gasteiger partial charge in [-0.25, -0.2) is 0 Å². The van der Waals surface area contributed by atoms with Crippen molar-refractivity contribution in [3.05, 3.63) is 0 Å². The zero-order chi connectivity index (χ0) is 10.0. The molecule has 0 heteroatoms. The van der Waals surface area contributed by atoms with Gasteiger partial charge >= 0.3 is 0 Å². The SMILES string of the molecule is CC(C1CC1)(C1CC1)C(C1CC1)C1CC1. The first-order chi connectivity index (χ1) is 7.30. The van der Waals surface area contributed by atoms with Crippen LogP contribution in [0.3, 0.4) is 0 Å². The number of rotatable bonds is 5. The third kappa shape index (κ3) is 1.40. The lowest BCUT2D eigenvalue weighted by molar-refractivity contribution is 0.0786. The molecule has 4 aliphatic carbocycles. The van der Waals surface area contributed by atoms with Gasteiger partial charge in [0.1, 0.15) is 0 Å². The highest BCUT2D eigenvalue weighted by atomic mass is 14.7. The fraction of sp³-hybridized carbons (Fsp3) is 1.00. The van der Waals surface area contributed by atoms with Gasteiger partial charge in [0.25, 0.3) is 0 Å². The van der Waals surface area contributed by atoms with Gasteiger partial charge in [-0.15, -0.1) is 0 Å². The van der Waals surface area contributed by atoms with E-state index in [9.17, 15) is 0 Å². The van der Waals surface area contributed by atoms with Gasteiger partial charge < -0.3 is 0 Å². The molecule has 0 heterocycles. The summed E-state index contributed by atoms with van der Waals surface area (Å²) in [6.45, 7) is 2.70. The lowest BCUT2D eigenvalue weighted by atomic mass is 9.65. The molecule has 0 radical (unpaired) electrons. The molecule has 4 fully saturated rings. The van der Waals surface area contributed by atoms with Crippen LogP contribution in [0.4, 0.5) is 0 Å². The largest absolute Gasteiger partial charge is 0.0588 e. The minimum absolute atomic E-state index is 0.808. The molecule has 4 aliphatic rings. The fourth-order valence-corrected chi connectivity index (χ4v) is 4.60. The maximum atomic E-state index is 2.70. The predicted molar refractivity (Wildman–Crippen MR) is 62.5 cm³/mol. The van der Waals surface area contributed by atoms with Crippen molar-refractivity contribution >= 4 is 0 Å². The normalized spacial score (nSPS) is 32.4. The average Bonchev–Trinajstić information content (AvgIpc) is 3.09. The molecule has 4 rings (SSSR count). The molecule has 0 aromatic rings. The van der Waals surface area contributed by atoms with Crippen molar-refractivity contribution in [2.75, 3.05) is 0 Å². The van der Waals surface area contributed by atoms with Gasteiger partial charge in [-0.05, 0) is 86.4 Å². The van der Waals surface area contributed by atoms with Gasteiger partial charge in [0.05, 0.1) is 0 Å². The molecule has 0 amide bonds. The van der Waals surface area contributed by atoms with E-state index in [1.165, 1.54) is 11.8 Å². The Bertz CT molecular complexity index is 240. The molecule has 4 saturated carbocycles.